The van der Waals surface area contributed by atoms with Gasteiger partial charge in [0.05, 0.1) is 6.10 Å². The first-order chi connectivity index (χ1) is 10.3. The van der Waals surface area contributed by atoms with Crippen LogP contribution in [0.4, 0.5) is 10.2 Å². The van der Waals surface area contributed by atoms with E-state index >= 15 is 0 Å². The van der Waals surface area contributed by atoms with E-state index < -0.39 is 41.8 Å². The van der Waals surface area contributed by atoms with E-state index in [9.17, 15) is 19.4 Å². The molecule has 5 atom stereocenters. The van der Waals surface area contributed by atoms with Crippen LogP contribution in [-0.4, -0.2) is 49.6 Å². The lowest BCUT2D eigenvalue weighted by Crippen LogP contribution is -2.44. The highest BCUT2D eigenvalue weighted by molar-refractivity contribution is 6.27. The van der Waals surface area contributed by atoms with Gasteiger partial charge in [0.15, 0.2) is 11.1 Å². The number of hydrogen-bond donors (Lipinski definition) is 3. The maximum absolute atomic E-state index is 12.4. The number of aliphatic hydroxyl groups excluding tert-OH is 2. The summed E-state index contributed by atoms with van der Waals surface area (Å²) in [6.45, 7) is 0.405. The molecule has 0 radical (unpaired) electrons. The molecule has 0 saturated carbocycles. The van der Waals surface area contributed by atoms with Crippen LogP contribution in [0.15, 0.2) is 17.1 Å². The number of nitrogens with zero attached hydrogens (tertiary/aromatic N) is 2. The summed E-state index contributed by atoms with van der Waals surface area (Å²) in [5.41, 5.74) is 4.64. The van der Waals surface area contributed by atoms with Crippen molar-refractivity contribution in [2.24, 2.45) is 0 Å². The minimum absolute atomic E-state index is 0.00175. The molecule has 0 spiro atoms. The molecule has 1 aromatic rings. The van der Waals surface area contributed by atoms with E-state index in [4.69, 9.17) is 22.1 Å². The van der Waals surface area contributed by atoms with Crippen molar-refractivity contribution >= 4 is 17.4 Å². The fraction of sp³-hybridized carbons (Fsp3) is 0.538. The zero-order valence-electron chi connectivity index (χ0n) is 11.6. The first-order valence-electron chi connectivity index (χ1n) is 6.42. The second kappa shape index (κ2) is 6.22. The number of anilines is 1. The molecule has 9 heteroatoms. The number of nitrogens with two attached hydrogens (primary N) is 1. The number of rotatable bonds is 2. The molecule has 0 aliphatic carbocycles. The second-order valence-corrected chi connectivity index (χ2v) is 5.51. The van der Waals surface area contributed by atoms with E-state index in [0.29, 0.717) is 0 Å². The van der Waals surface area contributed by atoms with Gasteiger partial charge in [-0.3, -0.25) is 4.57 Å². The predicted molar refractivity (Wildman–Crippen MR) is 76.8 cm³/mol. The van der Waals surface area contributed by atoms with Crippen LogP contribution < -0.4 is 11.4 Å². The van der Waals surface area contributed by atoms with E-state index in [-0.39, 0.29) is 5.82 Å². The third-order valence-corrected chi connectivity index (χ3v) is 3.82. The van der Waals surface area contributed by atoms with Crippen LogP contribution in [0.1, 0.15) is 13.2 Å². The van der Waals surface area contributed by atoms with Crippen molar-refractivity contribution < 1.29 is 19.3 Å². The molecule has 1 fully saturated rings. The highest BCUT2D eigenvalue weighted by Gasteiger charge is 2.57. The van der Waals surface area contributed by atoms with Crippen molar-refractivity contribution in [3.8, 4) is 11.8 Å². The minimum Gasteiger partial charge on any atom is -0.391 e. The number of hydrogen-bond acceptors (Lipinski definition) is 6. The van der Waals surface area contributed by atoms with Crippen molar-refractivity contribution in [1.82, 2.24) is 9.55 Å². The Balaban J connectivity index is 2.53. The van der Waals surface area contributed by atoms with Gasteiger partial charge in [0.1, 0.15) is 24.7 Å². The maximum atomic E-state index is 12.4. The van der Waals surface area contributed by atoms with Crippen LogP contribution >= 0.6 is 11.6 Å². The van der Waals surface area contributed by atoms with Crippen LogP contribution in [-0.2, 0) is 4.74 Å². The number of nitrogen functional groups attached to an aromatic ring is 1. The smallest absolute Gasteiger partial charge is 0.351 e. The molecule has 2 rings (SSSR count). The molecule has 1 unspecified atom stereocenters. The lowest BCUT2D eigenvalue weighted by atomic mass is 9.96. The zero-order valence-corrected chi connectivity index (χ0v) is 12.4. The van der Waals surface area contributed by atoms with Gasteiger partial charge in [-0.25, -0.2) is 9.18 Å². The molecule has 22 heavy (non-hydrogen) atoms. The summed E-state index contributed by atoms with van der Waals surface area (Å²) in [7, 11) is 0. The van der Waals surface area contributed by atoms with Gasteiger partial charge in [0.2, 0.25) is 0 Å². The van der Waals surface area contributed by atoms with E-state index in [2.05, 4.69) is 16.8 Å². The van der Waals surface area contributed by atoms with E-state index in [1.165, 1.54) is 19.2 Å². The number of ether oxygens (including phenoxy) is 1. The number of halogens is 2. The van der Waals surface area contributed by atoms with Gasteiger partial charge in [-0.05, 0) is 13.0 Å². The average Bonchev–Trinajstić information content (AvgIpc) is 2.70. The Labute approximate surface area is 130 Å². The summed E-state index contributed by atoms with van der Waals surface area (Å²) in [5, 5.41) is 19.9. The van der Waals surface area contributed by atoms with Gasteiger partial charge >= 0.3 is 5.69 Å². The Morgan fingerprint density at radius 1 is 1.73 bits per heavy atom. The van der Waals surface area contributed by atoms with Crippen LogP contribution in [0.5, 0.6) is 0 Å². The normalized spacial score (nSPS) is 32.3. The molecule has 1 saturated heterocycles. The summed E-state index contributed by atoms with van der Waals surface area (Å²) in [6.07, 6.45) is -3.60. The molecule has 1 aliphatic heterocycles. The monoisotopic (exact) mass is 331 g/mol. The van der Waals surface area contributed by atoms with Crippen molar-refractivity contribution in [1.29, 1.82) is 0 Å². The van der Waals surface area contributed by atoms with Gasteiger partial charge in [-0.15, -0.1) is 0 Å². The molecule has 0 amide bonds. The average molecular weight is 332 g/mol. The Morgan fingerprint density at radius 2 is 2.41 bits per heavy atom. The topological polar surface area (TPSA) is 111 Å². The molecule has 1 aliphatic rings. The van der Waals surface area contributed by atoms with Crippen LogP contribution in [0.25, 0.3) is 0 Å². The van der Waals surface area contributed by atoms with Gasteiger partial charge in [-0.2, -0.15) is 4.98 Å². The Morgan fingerprint density at radius 3 is 2.95 bits per heavy atom. The molecule has 4 N–H and O–H groups in total. The molecule has 0 bridgehead atoms. The van der Waals surface area contributed by atoms with Crippen molar-refractivity contribution in [3.05, 3.63) is 22.7 Å². The fourth-order valence-corrected chi connectivity index (χ4v) is 2.61. The first-order valence-corrected chi connectivity index (χ1v) is 6.80. The van der Waals surface area contributed by atoms with Crippen molar-refractivity contribution in [2.45, 2.75) is 36.3 Å². The molecular formula is C13H15ClFN3O4. The van der Waals surface area contributed by atoms with E-state index in [1.807, 2.05) is 0 Å². The molecular weight excluding hydrogens is 317 g/mol. The predicted octanol–water partition coefficient (Wildman–Crippen LogP) is -0.585. The number of alkyl halides is 2. The zero-order chi connectivity index (χ0) is 16.5. The highest BCUT2D eigenvalue weighted by Crippen LogP contribution is 2.43. The van der Waals surface area contributed by atoms with E-state index in [0.717, 1.165) is 4.57 Å². The number of aliphatic hydroxyl groups is 2. The van der Waals surface area contributed by atoms with Gasteiger partial charge < -0.3 is 20.7 Å². The summed E-state index contributed by atoms with van der Waals surface area (Å²) in [6, 6.07) is 1.34. The molecule has 1 aromatic heterocycles. The van der Waals surface area contributed by atoms with Gasteiger partial charge in [0.25, 0.3) is 0 Å². The molecule has 2 heterocycles. The lowest BCUT2D eigenvalue weighted by molar-refractivity contribution is -0.0773. The minimum atomic E-state index is -1.81. The Kier molecular flexibility index (Phi) is 4.72. The summed E-state index contributed by atoms with van der Waals surface area (Å²) < 4.78 is 18.8. The largest absolute Gasteiger partial charge is 0.391 e. The maximum Gasteiger partial charge on any atom is 0.351 e. The van der Waals surface area contributed by atoms with Crippen LogP contribution in [0, 0.1) is 11.8 Å². The van der Waals surface area contributed by atoms with Crippen LogP contribution in [0.3, 0.4) is 0 Å². The fourth-order valence-electron chi connectivity index (χ4n) is 2.26. The van der Waals surface area contributed by atoms with Crippen LogP contribution in [0.2, 0.25) is 0 Å². The van der Waals surface area contributed by atoms with E-state index in [1.54, 1.807) is 0 Å². The Hall–Kier alpha value is -1.66. The lowest BCUT2D eigenvalue weighted by Gasteiger charge is -2.25. The van der Waals surface area contributed by atoms with Gasteiger partial charge in [-0.1, -0.05) is 23.4 Å². The second-order valence-electron chi connectivity index (χ2n) is 4.88. The SMILES string of the molecule is C[C@H](O)[C@H]1O[C@@H](n2ccc(N)nc2=O)[C@@](Cl)(C#CCF)C1O. The van der Waals surface area contributed by atoms with Crippen molar-refractivity contribution in [2.75, 3.05) is 12.4 Å². The summed E-state index contributed by atoms with van der Waals surface area (Å²) >= 11 is 6.31. The first kappa shape index (κ1) is 16.7. The van der Waals surface area contributed by atoms with Crippen molar-refractivity contribution in [3.63, 3.8) is 0 Å². The van der Waals surface area contributed by atoms with Gasteiger partial charge in [0, 0.05) is 6.20 Å². The molecule has 0 aromatic carbocycles. The number of aromatic nitrogens is 2. The summed E-state index contributed by atoms with van der Waals surface area (Å²) in [5.74, 6) is 4.49. The third-order valence-electron chi connectivity index (χ3n) is 3.31. The highest BCUT2D eigenvalue weighted by atomic mass is 35.5. The quantitative estimate of drug-likeness (QED) is 0.494. The third kappa shape index (κ3) is 2.80. The Bertz CT molecular complexity index is 671. The molecule has 7 nitrogen and oxygen atoms in total. The standard InChI is InChI=1S/C13H15ClFN3O4/c1-7(19)9-10(20)13(14,4-2-5-15)11(22-9)18-6-3-8(16)17-12(18)21/h3,6-7,9-11,19-20H,5H2,1H3,(H2,16,17,21)/t7-,9+,10?,11+,13+/m0/s1. The molecule has 120 valence electrons. The summed E-state index contributed by atoms with van der Waals surface area (Å²) in [4.78, 5) is 13.7.